The van der Waals surface area contributed by atoms with Gasteiger partial charge in [0.1, 0.15) is 0 Å². The fourth-order valence-corrected chi connectivity index (χ4v) is 3.42. The first kappa shape index (κ1) is 28.0. The first-order valence-corrected chi connectivity index (χ1v) is 11.5. The van der Waals surface area contributed by atoms with Gasteiger partial charge in [0, 0.05) is 0 Å². The van der Waals surface area contributed by atoms with Gasteiger partial charge in [-0.05, 0) is 50.0 Å². The third-order valence-corrected chi connectivity index (χ3v) is 5.69. The summed E-state index contributed by atoms with van der Waals surface area (Å²) in [5.74, 6) is 0. The Kier molecular flexibility index (Phi) is 14.1. The van der Waals surface area contributed by atoms with Gasteiger partial charge in [-0.15, -0.1) is 23.2 Å². The molecule has 0 fully saturated rings. The zero-order chi connectivity index (χ0) is 21.1. The molecule has 0 spiro atoms. The van der Waals surface area contributed by atoms with Crippen LogP contribution >= 0.6 is 31.0 Å². The number of hydrogen-bond acceptors (Lipinski definition) is 4. The molecule has 0 bridgehead atoms. The third kappa shape index (κ3) is 13.1. The molecular formula is C14H24Cl2F3NO4PS+. The van der Waals surface area contributed by atoms with Crippen LogP contribution in [0.25, 0.3) is 0 Å². The Morgan fingerprint density at radius 3 is 1.50 bits per heavy atom. The van der Waals surface area contributed by atoms with E-state index in [1.54, 1.807) is 0 Å². The fraction of sp³-hybridized carbons (Fsp3) is 0.714. The van der Waals surface area contributed by atoms with E-state index < -0.39 is 23.4 Å². The monoisotopic (exact) mass is 460 g/mol. The molecular weight excluding hydrogens is 437 g/mol. The minimum Gasteiger partial charge on any atom is -0.741 e. The predicted molar refractivity (Wildman–Crippen MR) is 98.1 cm³/mol. The third-order valence-electron chi connectivity index (χ3n) is 3.47. The van der Waals surface area contributed by atoms with Gasteiger partial charge in [-0.3, -0.25) is 0 Å². The Labute approximate surface area is 163 Å². The van der Waals surface area contributed by atoms with Gasteiger partial charge >= 0.3 is 13.3 Å². The molecule has 26 heavy (non-hydrogen) atoms. The molecule has 0 aromatic rings. The van der Waals surface area contributed by atoms with Crippen molar-refractivity contribution < 1.29 is 36.0 Å². The van der Waals surface area contributed by atoms with E-state index in [2.05, 4.69) is 33.0 Å². The molecule has 2 N–H and O–H groups in total. The molecule has 0 saturated heterocycles. The Bertz CT molecular complexity index is 605. The minimum absolute atomic E-state index is 0.194. The highest BCUT2D eigenvalue weighted by Crippen LogP contribution is 2.28. The lowest BCUT2D eigenvalue weighted by molar-refractivity contribution is -0.640. The summed E-state index contributed by atoms with van der Waals surface area (Å²) in [4.78, 5) is 0. The Morgan fingerprint density at radius 2 is 1.27 bits per heavy atom. The van der Waals surface area contributed by atoms with E-state index in [0.29, 0.717) is 0 Å². The Hall–Kier alpha value is -0.180. The van der Waals surface area contributed by atoms with Crippen molar-refractivity contribution >= 4 is 41.1 Å². The maximum Gasteiger partial charge on any atom is 0.485 e. The van der Waals surface area contributed by atoms with Crippen molar-refractivity contribution in [2.45, 2.75) is 33.2 Å². The van der Waals surface area contributed by atoms with Crippen LogP contribution in [0.15, 0.2) is 22.3 Å². The first-order valence-electron chi connectivity index (χ1n) is 7.35. The van der Waals surface area contributed by atoms with E-state index in [4.69, 9.17) is 36.2 Å². The van der Waals surface area contributed by atoms with Crippen molar-refractivity contribution in [3.63, 3.8) is 0 Å². The van der Waals surface area contributed by atoms with Crippen molar-refractivity contribution in [2.75, 3.05) is 30.8 Å². The molecule has 0 radical (unpaired) electrons. The van der Waals surface area contributed by atoms with Crippen LogP contribution in [0.5, 0.6) is 0 Å². The number of rotatable bonds is 0. The normalized spacial score (nSPS) is 24.0. The summed E-state index contributed by atoms with van der Waals surface area (Å²) >= 11 is 9.53. The molecule has 0 atom stereocenters. The van der Waals surface area contributed by atoms with E-state index in [9.17, 15) is 17.7 Å². The molecule has 1 heterocycles. The van der Waals surface area contributed by atoms with Crippen LogP contribution in [0.2, 0.25) is 0 Å². The second-order valence-electron chi connectivity index (χ2n) is 5.62. The fourth-order valence-electron chi connectivity index (χ4n) is 1.71. The van der Waals surface area contributed by atoms with Crippen LogP contribution in [0.4, 0.5) is 13.2 Å². The van der Waals surface area contributed by atoms with Crippen LogP contribution < -0.4 is 5.32 Å². The summed E-state index contributed by atoms with van der Waals surface area (Å²) in [5.41, 5.74) is -0.219. The van der Waals surface area contributed by atoms with E-state index >= 15 is 0 Å². The molecule has 0 aromatic heterocycles. The van der Waals surface area contributed by atoms with Crippen molar-refractivity contribution in [3.05, 3.63) is 22.3 Å². The van der Waals surface area contributed by atoms with Gasteiger partial charge in [-0.1, -0.05) is 4.57 Å². The van der Waals surface area contributed by atoms with Gasteiger partial charge in [-0.25, -0.2) is 8.42 Å². The molecule has 0 aromatic carbocycles. The highest BCUT2D eigenvalue weighted by Gasteiger charge is 2.36. The maximum atomic E-state index is 11.9. The van der Waals surface area contributed by atoms with Crippen LogP contribution in [-0.2, 0) is 14.7 Å². The molecule has 0 amide bonds. The standard InChI is InChI=1S/C12H21NOP.CH2Cl2.CHF3O3S/c1-9-5-13-6-10(2)12(4)8-15(14)7-11(9)3;2-1-3;2-1(3,4)8(5,6)7/h13H,5-8H2,1-4H3;1H2;(H,5,6,7)/q+1;;/b11-9-,12-10-;;. The molecule has 1 rings (SSSR count). The van der Waals surface area contributed by atoms with E-state index in [1.807, 2.05) is 0 Å². The number of hydrogen-bond donors (Lipinski definition) is 1. The van der Waals surface area contributed by atoms with Gasteiger partial charge in [0.15, 0.2) is 22.4 Å². The van der Waals surface area contributed by atoms with Crippen LogP contribution in [0, 0.1) is 0 Å². The van der Waals surface area contributed by atoms with Gasteiger partial charge < -0.3 is 9.87 Å². The summed E-state index contributed by atoms with van der Waals surface area (Å²) in [5, 5.41) is 2.52. The molecule has 12 heteroatoms. The van der Waals surface area contributed by atoms with Crippen molar-refractivity contribution in [2.24, 2.45) is 0 Å². The maximum absolute atomic E-state index is 11.9. The topological polar surface area (TPSA) is 90.9 Å². The summed E-state index contributed by atoms with van der Waals surface area (Å²) < 4.78 is 70.8. The smallest absolute Gasteiger partial charge is 0.485 e. The van der Waals surface area contributed by atoms with Crippen LogP contribution in [0.3, 0.4) is 0 Å². The summed E-state index contributed by atoms with van der Waals surface area (Å²) in [6.45, 7) is 10.6. The number of alkyl halides is 5. The largest absolute Gasteiger partial charge is 0.741 e. The van der Waals surface area contributed by atoms with Gasteiger partial charge in [0.25, 0.3) is 0 Å². The van der Waals surface area contributed by atoms with Crippen molar-refractivity contribution in [3.8, 4) is 0 Å². The minimum atomic E-state index is -6.09. The Balaban J connectivity index is 0. The lowest BCUT2D eigenvalue weighted by atomic mass is 10.1. The van der Waals surface area contributed by atoms with Crippen LogP contribution in [-0.4, -0.2) is 49.2 Å². The molecule has 0 aliphatic carbocycles. The van der Waals surface area contributed by atoms with Gasteiger partial charge in [0.2, 0.25) is 0 Å². The number of halogens is 5. The zero-order valence-electron chi connectivity index (χ0n) is 15.0. The Morgan fingerprint density at radius 1 is 1.00 bits per heavy atom. The second-order valence-corrected chi connectivity index (χ2v) is 9.39. The molecule has 5 nitrogen and oxygen atoms in total. The molecule has 154 valence electrons. The summed E-state index contributed by atoms with van der Waals surface area (Å²) in [7, 11) is -7.17. The average molecular weight is 461 g/mol. The highest BCUT2D eigenvalue weighted by molar-refractivity contribution is 7.86. The number of quaternary nitrogens is 1. The number of allylic oxidation sites excluding steroid dienone is 2. The second kappa shape index (κ2) is 13.1. The van der Waals surface area contributed by atoms with Gasteiger partial charge in [0.05, 0.1) is 18.4 Å². The molecule has 1 aliphatic rings. The lowest BCUT2D eigenvalue weighted by Crippen LogP contribution is -2.85. The van der Waals surface area contributed by atoms with E-state index in [0.717, 1.165) is 25.4 Å². The van der Waals surface area contributed by atoms with Crippen LogP contribution in [0.1, 0.15) is 27.7 Å². The summed E-state index contributed by atoms with van der Waals surface area (Å²) in [6, 6.07) is 0. The SMILES string of the molecule is C/C1=C(\C)C[P+](=O)C/C(C)=C(/C)C[NH2+]C1.ClCCl.O=S(=O)([O-])C(F)(F)F. The molecule has 1 aliphatic heterocycles. The van der Waals surface area contributed by atoms with Crippen molar-refractivity contribution in [1.29, 1.82) is 0 Å². The van der Waals surface area contributed by atoms with E-state index in [1.165, 1.54) is 22.3 Å². The average Bonchev–Trinajstić information content (AvgIpc) is 2.45. The quantitative estimate of drug-likeness (QED) is 0.197. The number of nitrogens with two attached hydrogens (primary N) is 1. The summed E-state index contributed by atoms with van der Waals surface area (Å²) in [6.07, 6.45) is 1.55. The first-order chi connectivity index (χ1) is 11.7. The predicted octanol–water partition coefficient (Wildman–Crippen LogP) is 3.54. The highest BCUT2D eigenvalue weighted by atomic mass is 35.5. The lowest BCUT2D eigenvalue weighted by Gasteiger charge is -2.08. The molecule has 0 unspecified atom stereocenters. The zero-order valence-corrected chi connectivity index (χ0v) is 18.2. The van der Waals surface area contributed by atoms with Gasteiger partial charge in [-0.2, -0.15) is 13.2 Å². The molecule has 0 saturated carbocycles. The van der Waals surface area contributed by atoms with E-state index in [-0.39, 0.29) is 5.34 Å². The van der Waals surface area contributed by atoms with Crippen molar-refractivity contribution in [1.82, 2.24) is 0 Å².